The Bertz CT molecular complexity index is 526. The Kier molecular flexibility index (Phi) is 4.92. The van der Waals surface area contributed by atoms with Crippen LogP contribution in [0, 0.1) is 5.92 Å². The van der Waals surface area contributed by atoms with Crippen LogP contribution in [0.1, 0.15) is 29.6 Å². The molecule has 2 rings (SSSR count). The van der Waals surface area contributed by atoms with Gasteiger partial charge in [-0.05, 0) is 24.5 Å². The summed E-state index contributed by atoms with van der Waals surface area (Å²) in [7, 11) is 0. The molecule has 1 fully saturated rings. The number of rotatable bonds is 7. The van der Waals surface area contributed by atoms with E-state index < -0.39 is 17.9 Å². The highest BCUT2D eigenvalue weighted by Gasteiger charge is 2.30. The topological polar surface area (TPSA) is 95.5 Å². The number of carbonyl (C=O) groups is 3. The molecule has 1 atom stereocenters. The van der Waals surface area contributed by atoms with Crippen molar-refractivity contribution >= 4 is 17.8 Å². The molecule has 1 aliphatic rings. The molecule has 1 aromatic rings. The number of hydrogen-bond acceptors (Lipinski definition) is 3. The second-order valence-corrected chi connectivity index (χ2v) is 5.19. The first-order chi connectivity index (χ1) is 10.1. The van der Waals surface area contributed by atoms with Gasteiger partial charge in [0, 0.05) is 5.56 Å². The summed E-state index contributed by atoms with van der Waals surface area (Å²) in [5.41, 5.74) is 0.457. The summed E-state index contributed by atoms with van der Waals surface area (Å²) in [6.45, 7) is -0.234. The second kappa shape index (κ2) is 6.88. The minimum Gasteiger partial charge on any atom is -0.480 e. The van der Waals surface area contributed by atoms with Gasteiger partial charge in [0.05, 0.1) is 6.54 Å². The Morgan fingerprint density at radius 3 is 2.43 bits per heavy atom. The molecule has 0 aromatic heterocycles. The number of nitrogens with one attached hydrogen (secondary N) is 2. The Morgan fingerprint density at radius 1 is 1.19 bits per heavy atom. The van der Waals surface area contributed by atoms with Gasteiger partial charge in [-0.2, -0.15) is 0 Å². The molecule has 1 aromatic carbocycles. The zero-order valence-corrected chi connectivity index (χ0v) is 11.5. The fourth-order valence-corrected chi connectivity index (χ4v) is 2.01. The van der Waals surface area contributed by atoms with Crippen molar-refractivity contribution in [2.24, 2.45) is 5.92 Å². The fraction of sp³-hybridized carbons (Fsp3) is 0.400. The zero-order chi connectivity index (χ0) is 15.2. The molecule has 0 spiro atoms. The monoisotopic (exact) mass is 290 g/mol. The van der Waals surface area contributed by atoms with Crippen LogP contribution >= 0.6 is 0 Å². The van der Waals surface area contributed by atoms with Crippen molar-refractivity contribution < 1.29 is 19.5 Å². The van der Waals surface area contributed by atoms with E-state index in [4.69, 9.17) is 5.11 Å². The van der Waals surface area contributed by atoms with Crippen molar-refractivity contribution in [3.8, 4) is 0 Å². The summed E-state index contributed by atoms with van der Waals surface area (Å²) in [5, 5.41) is 14.0. The lowest BCUT2D eigenvalue weighted by molar-refractivity contribution is -0.142. The maximum Gasteiger partial charge on any atom is 0.326 e. The minimum atomic E-state index is -1.04. The Morgan fingerprint density at radius 2 is 1.86 bits per heavy atom. The van der Waals surface area contributed by atoms with Crippen molar-refractivity contribution in [3.63, 3.8) is 0 Å². The summed E-state index contributed by atoms with van der Waals surface area (Å²) >= 11 is 0. The lowest BCUT2D eigenvalue weighted by Crippen LogP contribution is -2.45. The van der Waals surface area contributed by atoms with E-state index in [1.54, 1.807) is 30.3 Å². The third-order valence-corrected chi connectivity index (χ3v) is 3.34. The van der Waals surface area contributed by atoms with Crippen LogP contribution in [-0.4, -0.2) is 35.5 Å². The second-order valence-electron chi connectivity index (χ2n) is 5.19. The maximum absolute atomic E-state index is 11.7. The van der Waals surface area contributed by atoms with E-state index in [0.29, 0.717) is 17.9 Å². The Labute approximate surface area is 122 Å². The van der Waals surface area contributed by atoms with Crippen LogP contribution in [0.15, 0.2) is 30.3 Å². The van der Waals surface area contributed by atoms with Gasteiger partial charge in [-0.3, -0.25) is 9.59 Å². The predicted molar refractivity (Wildman–Crippen MR) is 75.7 cm³/mol. The van der Waals surface area contributed by atoms with Crippen LogP contribution in [0.5, 0.6) is 0 Å². The predicted octanol–water partition coefficient (Wildman–Crippen LogP) is 0.786. The SMILES string of the molecule is O=C(CNC(=O)c1ccccc1)N[C@H](CC1CC1)C(=O)O. The number of carboxylic acids is 1. The van der Waals surface area contributed by atoms with E-state index in [-0.39, 0.29) is 12.5 Å². The molecule has 0 bridgehead atoms. The van der Waals surface area contributed by atoms with E-state index in [2.05, 4.69) is 10.6 Å². The Hall–Kier alpha value is -2.37. The largest absolute Gasteiger partial charge is 0.480 e. The van der Waals surface area contributed by atoms with Crippen LogP contribution in [-0.2, 0) is 9.59 Å². The first-order valence-corrected chi connectivity index (χ1v) is 6.91. The number of aliphatic carboxylic acids is 1. The molecule has 112 valence electrons. The van der Waals surface area contributed by atoms with Crippen LogP contribution in [0.25, 0.3) is 0 Å². The summed E-state index contributed by atoms with van der Waals surface area (Å²) < 4.78 is 0. The molecular formula is C15H18N2O4. The normalized spacial score (nSPS) is 15.0. The summed E-state index contributed by atoms with van der Waals surface area (Å²) in [6.07, 6.45) is 2.49. The molecule has 6 heteroatoms. The lowest BCUT2D eigenvalue weighted by Gasteiger charge is -2.14. The van der Waals surface area contributed by atoms with Gasteiger partial charge in [0.1, 0.15) is 6.04 Å². The van der Waals surface area contributed by atoms with Gasteiger partial charge in [0.2, 0.25) is 5.91 Å². The van der Waals surface area contributed by atoms with Gasteiger partial charge in [-0.1, -0.05) is 31.0 Å². The van der Waals surface area contributed by atoms with Crippen molar-refractivity contribution in [2.75, 3.05) is 6.54 Å². The van der Waals surface area contributed by atoms with Gasteiger partial charge in [-0.25, -0.2) is 4.79 Å². The van der Waals surface area contributed by atoms with Crippen molar-refractivity contribution in [3.05, 3.63) is 35.9 Å². The van der Waals surface area contributed by atoms with Crippen molar-refractivity contribution in [1.82, 2.24) is 10.6 Å². The maximum atomic E-state index is 11.7. The first-order valence-electron chi connectivity index (χ1n) is 6.91. The smallest absolute Gasteiger partial charge is 0.326 e. The molecule has 6 nitrogen and oxygen atoms in total. The molecule has 1 saturated carbocycles. The fourth-order valence-electron chi connectivity index (χ4n) is 2.01. The third kappa shape index (κ3) is 4.91. The standard InChI is InChI=1S/C15H18N2O4/c18-13(17-12(15(20)21)8-10-6-7-10)9-16-14(19)11-4-2-1-3-5-11/h1-5,10,12H,6-9H2,(H,16,19)(H,17,18)(H,20,21)/t12-/m1/s1. The van der Waals surface area contributed by atoms with E-state index in [1.165, 1.54) is 0 Å². The van der Waals surface area contributed by atoms with Gasteiger partial charge in [-0.15, -0.1) is 0 Å². The summed E-state index contributed by atoms with van der Waals surface area (Å²) in [6, 6.07) is 7.65. The van der Waals surface area contributed by atoms with Crippen molar-refractivity contribution in [2.45, 2.75) is 25.3 Å². The highest BCUT2D eigenvalue weighted by molar-refractivity contribution is 5.96. The van der Waals surface area contributed by atoms with Crippen LogP contribution in [0.2, 0.25) is 0 Å². The average molecular weight is 290 g/mol. The highest BCUT2D eigenvalue weighted by atomic mass is 16.4. The number of amides is 2. The van der Waals surface area contributed by atoms with Crippen LogP contribution in [0.3, 0.4) is 0 Å². The zero-order valence-electron chi connectivity index (χ0n) is 11.5. The summed E-state index contributed by atoms with van der Waals surface area (Å²) in [4.78, 5) is 34.5. The first kappa shape index (κ1) is 15.0. The number of carboxylic acid groups (broad SMARTS) is 1. The quantitative estimate of drug-likeness (QED) is 0.691. The molecule has 3 N–H and O–H groups in total. The van der Waals surface area contributed by atoms with Gasteiger partial charge in [0.25, 0.3) is 5.91 Å². The Balaban J connectivity index is 1.78. The van der Waals surface area contributed by atoms with Crippen molar-refractivity contribution in [1.29, 1.82) is 0 Å². The molecule has 0 heterocycles. The molecule has 0 radical (unpaired) electrons. The molecule has 0 unspecified atom stereocenters. The molecule has 0 aliphatic heterocycles. The third-order valence-electron chi connectivity index (χ3n) is 3.34. The van der Waals surface area contributed by atoms with Gasteiger partial charge >= 0.3 is 5.97 Å². The van der Waals surface area contributed by atoms with Gasteiger partial charge < -0.3 is 15.7 Å². The lowest BCUT2D eigenvalue weighted by atomic mass is 10.1. The molecule has 0 saturated heterocycles. The molecule has 1 aliphatic carbocycles. The number of carbonyl (C=O) groups excluding carboxylic acids is 2. The summed E-state index contributed by atoms with van der Waals surface area (Å²) in [5.74, 6) is -1.50. The average Bonchev–Trinajstić information content (AvgIpc) is 3.29. The molecule has 21 heavy (non-hydrogen) atoms. The van der Waals surface area contributed by atoms with Gasteiger partial charge in [0.15, 0.2) is 0 Å². The highest BCUT2D eigenvalue weighted by Crippen LogP contribution is 2.33. The number of benzene rings is 1. The van der Waals surface area contributed by atoms with E-state index in [0.717, 1.165) is 12.8 Å². The molecule has 2 amide bonds. The van der Waals surface area contributed by atoms with E-state index >= 15 is 0 Å². The number of hydrogen-bond donors (Lipinski definition) is 3. The van der Waals surface area contributed by atoms with Crippen LogP contribution in [0.4, 0.5) is 0 Å². The van der Waals surface area contributed by atoms with E-state index in [9.17, 15) is 14.4 Å². The van der Waals surface area contributed by atoms with E-state index in [1.807, 2.05) is 0 Å². The minimum absolute atomic E-state index is 0.234. The van der Waals surface area contributed by atoms with Crippen LogP contribution < -0.4 is 10.6 Å². The molecular weight excluding hydrogens is 272 g/mol.